The first-order chi connectivity index (χ1) is 5.68. The Balaban J connectivity index is -0.000000112. The van der Waals surface area contributed by atoms with Gasteiger partial charge in [0.15, 0.2) is 0 Å². The molecule has 0 bridgehead atoms. The molecule has 0 aromatic heterocycles. The third kappa shape index (κ3) is 60.1. The van der Waals surface area contributed by atoms with Crippen LogP contribution in [-0.4, -0.2) is 0 Å². The highest BCUT2D eigenvalue weighted by Crippen LogP contribution is 1.87. The van der Waals surface area contributed by atoms with Gasteiger partial charge in [0.1, 0.15) is 0 Å². The molecule has 0 N–H and O–H groups in total. The minimum absolute atomic E-state index is 0.648. The second-order valence-corrected chi connectivity index (χ2v) is 2.24. The Hall–Kier alpha value is -0.780. The molecule has 0 aromatic rings. The molecule has 0 aliphatic rings. The molecule has 72 valence electrons. The lowest BCUT2D eigenvalue weighted by Crippen LogP contribution is -1.71. The van der Waals surface area contributed by atoms with Crippen molar-refractivity contribution in [2.24, 2.45) is 5.92 Å². The fraction of sp³-hybridized carbons (Fsp3) is 0.500. The first-order valence-electron chi connectivity index (χ1n) is 4.55. The van der Waals surface area contributed by atoms with Crippen molar-refractivity contribution < 1.29 is 0 Å². The predicted molar refractivity (Wildman–Crippen MR) is 61.4 cm³/mol. The fourth-order valence-corrected chi connectivity index (χ4v) is 0.136. The summed E-state index contributed by atoms with van der Waals surface area (Å²) < 4.78 is 0. The van der Waals surface area contributed by atoms with Gasteiger partial charge in [-0.1, -0.05) is 58.6 Å². The molecule has 12 heavy (non-hydrogen) atoms. The Morgan fingerprint density at radius 1 is 1.08 bits per heavy atom. The van der Waals surface area contributed by atoms with Crippen molar-refractivity contribution >= 4 is 0 Å². The summed E-state index contributed by atoms with van der Waals surface area (Å²) in [5, 5.41) is 0. The van der Waals surface area contributed by atoms with Crippen molar-refractivity contribution in [1.29, 1.82) is 0 Å². The molecular formula is C12H24. The van der Waals surface area contributed by atoms with Crippen LogP contribution in [0.25, 0.3) is 0 Å². The molecule has 0 radical (unpaired) electrons. The molecule has 0 aromatic carbocycles. The number of hydrogen-bond acceptors (Lipinski definition) is 0. The van der Waals surface area contributed by atoms with Gasteiger partial charge in [0, 0.05) is 0 Å². The third-order valence-corrected chi connectivity index (χ3v) is 0.800. The Bertz CT molecular complexity index is 96.6. The number of hydrogen-bond donors (Lipinski definition) is 0. The van der Waals surface area contributed by atoms with Gasteiger partial charge >= 0.3 is 0 Å². The van der Waals surface area contributed by atoms with Crippen LogP contribution >= 0.6 is 0 Å². The van der Waals surface area contributed by atoms with E-state index < -0.39 is 0 Å². The highest BCUT2D eigenvalue weighted by molar-refractivity contribution is 4.94. The first kappa shape index (κ1) is 17.3. The Labute approximate surface area is 78.7 Å². The van der Waals surface area contributed by atoms with Crippen LogP contribution in [0.3, 0.4) is 0 Å². The monoisotopic (exact) mass is 168 g/mol. The maximum absolute atomic E-state index is 3.56. The van der Waals surface area contributed by atoms with Crippen molar-refractivity contribution in [2.75, 3.05) is 0 Å². The summed E-state index contributed by atoms with van der Waals surface area (Å²) >= 11 is 0. The zero-order valence-electron chi connectivity index (χ0n) is 9.30. The topological polar surface area (TPSA) is 0 Å². The largest absolute Gasteiger partial charge is 0.103 e. The maximum atomic E-state index is 3.56. The quantitative estimate of drug-likeness (QED) is 0.417. The van der Waals surface area contributed by atoms with E-state index >= 15 is 0 Å². The molecule has 0 aliphatic heterocycles. The van der Waals surface area contributed by atoms with Crippen molar-refractivity contribution in [3.8, 4) is 0 Å². The minimum atomic E-state index is 0.648. The van der Waals surface area contributed by atoms with E-state index in [9.17, 15) is 0 Å². The van der Waals surface area contributed by atoms with Crippen LogP contribution in [-0.2, 0) is 0 Å². The summed E-state index contributed by atoms with van der Waals surface area (Å²) in [6.07, 6.45) is 7.49. The van der Waals surface area contributed by atoms with Gasteiger partial charge in [0.25, 0.3) is 0 Å². The molecular weight excluding hydrogens is 144 g/mol. The average Bonchev–Trinajstić information content (AvgIpc) is 2.10. The first-order valence-corrected chi connectivity index (χ1v) is 4.55. The summed E-state index contributed by atoms with van der Waals surface area (Å²) in [5.74, 6) is 0.648. The molecule has 0 atom stereocenters. The summed E-state index contributed by atoms with van der Waals surface area (Å²) in [5.41, 5.74) is 0. The van der Waals surface area contributed by atoms with Crippen LogP contribution in [0.1, 0.15) is 34.6 Å². The fourth-order valence-electron chi connectivity index (χ4n) is 0.136. The summed E-state index contributed by atoms with van der Waals surface area (Å²) in [7, 11) is 0. The Morgan fingerprint density at radius 3 is 1.42 bits per heavy atom. The molecule has 0 rings (SSSR count). The third-order valence-electron chi connectivity index (χ3n) is 0.800. The standard InChI is InChI=1S/C5H10.C5H8.C2H6/c1-4-5(2)3;1-3-5-4-2;1-2/h4-5H,1H2,2-3H3;3-5H,1H2,2H3;1-2H3/b;5-4-;. The molecule has 0 fully saturated rings. The Morgan fingerprint density at radius 2 is 1.42 bits per heavy atom. The Kier molecular flexibility index (Phi) is 32.5. The van der Waals surface area contributed by atoms with E-state index in [-0.39, 0.29) is 0 Å². The van der Waals surface area contributed by atoms with Gasteiger partial charge in [-0.25, -0.2) is 0 Å². The lowest BCUT2D eigenvalue weighted by molar-refractivity contribution is 0.835. The number of rotatable bonds is 2. The van der Waals surface area contributed by atoms with Crippen LogP contribution in [0.4, 0.5) is 0 Å². The molecule has 0 heteroatoms. The van der Waals surface area contributed by atoms with Gasteiger partial charge in [-0.2, -0.15) is 0 Å². The highest BCUT2D eigenvalue weighted by Gasteiger charge is 1.73. The van der Waals surface area contributed by atoms with Gasteiger partial charge in [-0.05, 0) is 12.8 Å². The second-order valence-electron chi connectivity index (χ2n) is 2.24. The van der Waals surface area contributed by atoms with Crippen molar-refractivity contribution in [2.45, 2.75) is 34.6 Å². The van der Waals surface area contributed by atoms with E-state index in [1.807, 2.05) is 39.0 Å². The minimum Gasteiger partial charge on any atom is -0.103 e. The second kappa shape index (κ2) is 22.5. The van der Waals surface area contributed by atoms with Crippen LogP contribution < -0.4 is 0 Å². The molecule has 0 amide bonds. The van der Waals surface area contributed by atoms with Crippen molar-refractivity contribution in [1.82, 2.24) is 0 Å². The van der Waals surface area contributed by atoms with Crippen LogP contribution in [0.15, 0.2) is 37.5 Å². The zero-order valence-corrected chi connectivity index (χ0v) is 9.30. The molecule has 0 nitrogen and oxygen atoms in total. The average molecular weight is 168 g/mol. The van der Waals surface area contributed by atoms with Gasteiger partial charge in [-0.15, -0.1) is 6.58 Å². The molecule has 0 unspecified atom stereocenters. The van der Waals surface area contributed by atoms with Gasteiger partial charge in [0.2, 0.25) is 0 Å². The lowest BCUT2D eigenvalue weighted by Gasteiger charge is -1.84. The normalized spacial score (nSPS) is 7.83. The summed E-state index contributed by atoms with van der Waals surface area (Å²) in [6, 6.07) is 0. The van der Waals surface area contributed by atoms with E-state index in [0.29, 0.717) is 5.92 Å². The van der Waals surface area contributed by atoms with E-state index in [1.54, 1.807) is 6.08 Å². The zero-order chi connectivity index (χ0) is 10.4. The molecule has 0 heterocycles. The van der Waals surface area contributed by atoms with E-state index in [4.69, 9.17) is 0 Å². The van der Waals surface area contributed by atoms with Crippen molar-refractivity contribution in [3.05, 3.63) is 37.5 Å². The van der Waals surface area contributed by atoms with Crippen LogP contribution in [0.5, 0.6) is 0 Å². The predicted octanol–water partition coefficient (Wildman–Crippen LogP) is 4.60. The van der Waals surface area contributed by atoms with E-state index in [1.165, 1.54) is 0 Å². The van der Waals surface area contributed by atoms with Crippen molar-refractivity contribution in [3.63, 3.8) is 0 Å². The molecule has 0 aliphatic carbocycles. The van der Waals surface area contributed by atoms with E-state index in [2.05, 4.69) is 27.0 Å². The highest BCUT2D eigenvalue weighted by atomic mass is 13.8. The molecule has 0 spiro atoms. The van der Waals surface area contributed by atoms with Gasteiger partial charge in [-0.3, -0.25) is 0 Å². The molecule has 0 saturated heterocycles. The number of allylic oxidation sites excluding steroid dienone is 4. The molecule has 0 saturated carbocycles. The smallest absolute Gasteiger partial charge is 0.0293 e. The summed E-state index contributed by atoms with van der Waals surface area (Å²) in [6.45, 7) is 17.2. The summed E-state index contributed by atoms with van der Waals surface area (Å²) in [4.78, 5) is 0. The van der Waals surface area contributed by atoms with Gasteiger partial charge in [0.05, 0.1) is 0 Å². The maximum Gasteiger partial charge on any atom is -0.0293 e. The van der Waals surface area contributed by atoms with Crippen LogP contribution in [0, 0.1) is 5.92 Å². The van der Waals surface area contributed by atoms with Gasteiger partial charge < -0.3 is 0 Å². The SMILES string of the molecule is C=C/C=C\C.C=CC(C)C.CC. The van der Waals surface area contributed by atoms with E-state index in [0.717, 1.165) is 0 Å². The lowest BCUT2D eigenvalue weighted by atomic mass is 10.2. The van der Waals surface area contributed by atoms with Crippen LogP contribution in [0.2, 0.25) is 0 Å².